The molecule has 188 valence electrons. The monoisotopic (exact) mass is 521 g/mol. The van der Waals surface area contributed by atoms with E-state index in [0.717, 1.165) is 22.5 Å². The van der Waals surface area contributed by atoms with E-state index in [0.29, 0.717) is 27.9 Å². The highest BCUT2D eigenvalue weighted by atomic mass is 32.1. The molecule has 5 rings (SSSR count). The lowest BCUT2D eigenvalue weighted by Crippen LogP contribution is -2.17. The number of aryl methyl sites for hydroxylation is 2. The maximum absolute atomic E-state index is 13.7. The van der Waals surface area contributed by atoms with Gasteiger partial charge in [0.25, 0.3) is 18.2 Å². The Morgan fingerprint density at radius 2 is 1.86 bits per heavy atom. The molecule has 0 atom stereocenters. The third kappa shape index (κ3) is 4.35. The van der Waals surface area contributed by atoms with E-state index < -0.39 is 23.9 Å². The summed E-state index contributed by atoms with van der Waals surface area (Å²) in [5.41, 5.74) is 9.47. The van der Waals surface area contributed by atoms with Gasteiger partial charge in [-0.3, -0.25) is 19.4 Å². The first-order valence-electron chi connectivity index (χ1n) is 11.1. The zero-order chi connectivity index (χ0) is 26.4. The number of carbonyl (C=O) groups is 2. The van der Waals surface area contributed by atoms with Gasteiger partial charge in [0.2, 0.25) is 0 Å². The Morgan fingerprint density at radius 1 is 1.14 bits per heavy atom. The number of thiophene rings is 1. The Hall–Kier alpha value is -4.45. The summed E-state index contributed by atoms with van der Waals surface area (Å²) in [5, 5.41) is 14.2. The van der Waals surface area contributed by atoms with Gasteiger partial charge in [-0.25, -0.2) is 13.8 Å². The molecule has 5 aromatic rings. The van der Waals surface area contributed by atoms with Crippen molar-refractivity contribution in [2.24, 2.45) is 12.8 Å². The number of nitrogens with one attached hydrogen (secondary N) is 2. The molecule has 2 amide bonds. The molecular weight excluding hydrogens is 500 g/mol. The average Bonchev–Trinajstić information content (AvgIpc) is 3.57. The van der Waals surface area contributed by atoms with E-state index in [1.165, 1.54) is 12.3 Å². The number of hydrogen-bond donors (Lipinski definition) is 3. The van der Waals surface area contributed by atoms with Gasteiger partial charge in [0.15, 0.2) is 0 Å². The van der Waals surface area contributed by atoms with Gasteiger partial charge in [-0.2, -0.15) is 10.2 Å². The number of H-pyrrole nitrogens is 1. The second-order valence-electron chi connectivity index (χ2n) is 8.50. The smallest absolute Gasteiger partial charge is 0.280 e. The number of aromatic amines is 1. The predicted octanol–water partition coefficient (Wildman–Crippen LogP) is 4.99. The van der Waals surface area contributed by atoms with Gasteiger partial charge in [0, 0.05) is 29.3 Å². The van der Waals surface area contributed by atoms with Gasteiger partial charge in [0.05, 0.1) is 17.6 Å². The molecule has 0 saturated carbocycles. The van der Waals surface area contributed by atoms with E-state index in [2.05, 4.69) is 25.6 Å². The van der Waals surface area contributed by atoms with Crippen LogP contribution in [0.15, 0.2) is 42.6 Å². The first kappa shape index (κ1) is 24.3. The van der Waals surface area contributed by atoms with Crippen molar-refractivity contribution in [1.29, 1.82) is 0 Å². The third-order valence-corrected chi connectivity index (χ3v) is 7.16. The van der Waals surface area contributed by atoms with Crippen molar-refractivity contribution in [2.45, 2.75) is 20.3 Å². The number of hydrogen-bond acceptors (Lipinski definition) is 6. The van der Waals surface area contributed by atoms with Crippen LogP contribution in [0.3, 0.4) is 0 Å². The largest absolute Gasteiger partial charge is 0.365 e. The van der Waals surface area contributed by atoms with Crippen LogP contribution in [0.5, 0.6) is 0 Å². The lowest BCUT2D eigenvalue weighted by molar-refractivity contribution is 0.100. The fourth-order valence-electron chi connectivity index (χ4n) is 3.99. The summed E-state index contributed by atoms with van der Waals surface area (Å²) in [6, 6.07) is 10.5. The zero-order valence-corrected chi connectivity index (χ0v) is 20.8. The summed E-state index contributed by atoms with van der Waals surface area (Å²) >= 11 is 0.839. The van der Waals surface area contributed by atoms with Crippen LogP contribution in [-0.4, -0.2) is 36.8 Å². The first-order chi connectivity index (χ1) is 17.6. The molecule has 0 saturated heterocycles. The van der Waals surface area contributed by atoms with Crippen LogP contribution in [-0.2, 0) is 7.05 Å². The van der Waals surface area contributed by atoms with Gasteiger partial charge < -0.3 is 11.1 Å². The maximum atomic E-state index is 13.7. The molecule has 37 heavy (non-hydrogen) atoms. The number of pyridine rings is 1. The van der Waals surface area contributed by atoms with Gasteiger partial charge in [-0.1, -0.05) is 29.8 Å². The molecule has 4 aromatic heterocycles. The highest BCUT2D eigenvalue weighted by Crippen LogP contribution is 2.43. The highest BCUT2D eigenvalue weighted by molar-refractivity contribution is 7.21. The summed E-state index contributed by atoms with van der Waals surface area (Å²) in [4.78, 5) is 29.8. The number of nitrogens with two attached hydrogens (primary N) is 1. The zero-order valence-electron chi connectivity index (χ0n) is 20.0. The molecule has 0 aliphatic carbocycles. The fraction of sp³-hybridized carbons (Fsp3) is 0.160. The summed E-state index contributed by atoms with van der Waals surface area (Å²) in [6.45, 7) is 3.75. The first-order valence-corrected chi connectivity index (χ1v) is 11.9. The lowest BCUT2D eigenvalue weighted by Gasteiger charge is -2.10. The van der Waals surface area contributed by atoms with Crippen LogP contribution in [0.2, 0.25) is 0 Å². The van der Waals surface area contributed by atoms with Crippen molar-refractivity contribution < 1.29 is 18.4 Å². The minimum absolute atomic E-state index is 0.0108. The van der Waals surface area contributed by atoms with Crippen LogP contribution in [0.4, 0.5) is 14.5 Å². The lowest BCUT2D eigenvalue weighted by atomic mass is 10.0. The van der Waals surface area contributed by atoms with E-state index in [4.69, 9.17) is 5.73 Å². The van der Waals surface area contributed by atoms with Crippen molar-refractivity contribution in [3.05, 3.63) is 70.1 Å². The second-order valence-corrected chi connectivity index (χ2v) is 9.50. The molecule has 0 unspecified atom stereocenters. The van der Waals surface area contributed by atoms with E-state index in [-0.39, 0.29) is 21.1 Å². The molecular formula is C25H21F2N7O2S. The van der Waals surface area contributed by atoms with E-state index in [9.17, 15) is 18.4 Å². The highest BCUT2D eigenvalue weighted by Gasteiger charge is 2.26. The molecule has 0 aliphatic rings. The summed E-state index contributed by atoms with van der Waals surface area (Å²) in [7, 11) is 1.72. The molecule has 0 spiro atoms. The Bertz CT molecular complexity index is 1670. The number of rotatable bonds is 6. The normalized spacial score (nSPS) is 11.4. The maximum Gasteiger partial charge on any atom is 0.280 e. The molecule has 0 bridgehead atoms. The third-order valence-electron chi connectivity index (χ3n) is 6.06. The number of halogens is 2. The van der Waals surface area contributed by atoms with Crippen LogP contribution in [0, 0.1) is 13.8 Å². The number of amides is 2. The molecule has 1 aromatic carbocycles. The van der Waals surface area contributed by atoms with Crippen LogP contribution in [0.1, 0.15) is 43.5 Å². The van der Waals surface area contributed by atoms with Crippen molar-refractivity contribution >= 4 is 39.1 Å². The SMILES string of the molecule is Cc1ccc(-c2cc(C(=O)Nc3c(C(N)=O)sc4nc(C(F)F)cc(-c5cnn(C)c5C)c34)[nH]n2)cc1. The van der Waals surface area contributed by atoms with Gasteiger partial charge >= 0.3 is 0 Å². The number of aromatic nitrogens is 5. The average molecular weight is 522 g/mol. The van der Waals surface area contributed by atoms with Crippen molar-refractivity contribution in [1.82, 2.24) is 25.0 Å². The van der Waals surface area contributed by atoms with Crippen molar-refractivity contribution in [2.75, 3.05) is 5.32 Å². The Kier molecular flexibility index (Phi) is 6.04. The molecule has 9 nitrogen and oxygen atoms in total. The fourth-order valence-corrected chi connectivity index (χ4v) is 5.00. The van der Waals surface area contributed by atoms with Crippen molar-refractivity contribution in [3.8, 4) is 22.4 Å². The number of anilines is 1. The Morgan fingerprint density at radius 3 is 2.49 bits per heavy atom. The quantitative estimate of drug-likeness (QED) is 0.290. The van der Waals surface area contributed by atoms with Crippen LogP contribution < -0.4 is 11.1 Å². The molecule has 4 heterocycles. The summed E-state index contributed by atoms with van der Waals surface area (Å²) in [5.74, 6) is -1.41. The number of benzene rings is 1. The molecule has 4 N–H and O–H groups in total. The number of alkyl halides is 2. The molecule has 12 heteroatoms. The summed E-state index contributed by atoms with van der Waals surface area (Å²) in [6.07, 6.45) is -1.31. The Labute approximate surface area is 213 Å². The second kappa shape index (κ2) is 9.21. The number of fused-ring (bicyclic) bond motifs is 1. The topological polar surface area (TPSA) is 132 Å². The molecule has 0 radical (unpaired) electrons. The van der Waals surface area contributed by atoms with Crippen molar-refractivity contribution in [3.63, 3.8) is 0 Å². The standard InChI is InChI=1S/C25H21F2N7O2S/c1-11-4-6-13(7-5-11)16-9-18(33-32-16)24(36)31-20-19-14(15-10-29-34(3)12(15)2)8-17(22(26)27)30-25(19)37-21(20)23(28)35/h4-10,22H,1-3H3,(H2,28,35)(H,31,36)(H,32,33). The van der Waals surface area contributed by atoms with E-state index in [1.807, 2.05) is 31.2 Å². The van der Waals surface area contributed by atoms with E-state index >= 15 is 0 Å². The van der Waals surface area contributed by atoms with E-state index in [1.54, 1.807) is 24.7 Å². The minimum atomic E-state index is -2.84. The Balaban J connectivity index is 1.63. The van der Waals surface area contributed by atoms with Gasteiger partial charge in [-0.15, -0.1) is 11.3 Å². The molecule has 0 aliphatic heterocycles. The number of primary amides is 1. The summed E-state index contributed by atoms with van der Waals surface area (Å²) < 4.78 is 29.0. The minimum Gasteiger partial charge on any atom is -0.365 e. The van der Waals surface area contributed by atoms with Gasteiger partial charge in [-0.05, 0) is 31.5 Å². The number of carbonyl (C=O) groups excluding carboxylic acids is 2. The number of nitrogens with zero attached hydrogens (tertiary/aromatic N) is 4. The van der Waals surface area contributed by atoms with Crippen LogP contribution in [0.25, 0.3) is 32.6 Å². The van der Waals surface area contributed by atoms with Gasteiger partial charge in [0.1, 0.15) is 21.1 Å². The molecule has 0 fully saturated rings. The van der Waals surface area contributed by atoms with Crippen LogP contribution >= 0.6 is 11.3 Å². The predicted molar refractivity (Wildman–Crippen MR) is 137 cm³/mol.